The second-order valence-electron chi connectivity index (χ2n) is 4.79. The zero-order chi connectivity index (χ0) is 10.7. The van der Waals surface area contributed by atoms with Crippen molar-refractivity contribution in [1.82, 2.24) is 4.90 Å². The van der Waals surface area contributed by atoms with Crippen molar-refractivity contribution in [1.29, 1.82) is 0 Å². The van der Waals surface area contributed by atoms with Crippen LogP contribution in [0.4, 0.5) is 0 Å². The molecule has 1 fully saturated rings. The summed E-state index contributed by atoms with van der Waals surface area (Å²) >= 11 is 0. The molecule has 3 nitrogen and oxygen atoms in total. The van der Waals surface area contributed by atoms with E-state index in [1.54, 1.807) is 0 Å². The van der Waals surface area contributed by atoms with Gasteiger partial charge in [-0.1, -0.05) is 20.8 Å². The van der Waals surface area contributed by atoms with Gasteiger partial charge in [0, 0.05) is 6.54 Å². The summed E-state index contributed by atoms with van der Waals surface area (Å²) in [6, 6.07) is -0.258. The number of rotatable bonds is 3. The topological polar surface area (TPSA) is 40.5 Å². The SMILES string of the molecule is CC(C)CN1CCCC(C)C1C(=O)O. The van der Waals surface area contributed by atoms with Crippen molar-refractivity contribution in [3.63, 3.8) is 0 Å². The van der Waals surface area contributed by atoms with Crippen LogP contribution >= 0.6 is 0 Å². The predicted octanol–water partition coefficient (Wildman–Crippen LogP) is 1.83. The van der Waals surface area contributed by atoms with Gasteiger partial charge in [0.05, 0.1) is 0 Å². The molecule has 0 aromatic carbocycles. The van der Waals surface area contributed by atoms with E-state index in [9.17, 15) is 4.79 Å². The quantitative estimate of drug-likeness (QED) is 0.754. The number of likely N-dealkylation sites (tertiary alicyclic amines) is 1. The minimum atomic E-state index is -0.655. The first-order valence-electron chi connectivity index (χ1n) is 5.49. The van der Waals surface area contributed by atoms with E-state index in [2.05, 4.69) is 18.7 Å². The standard InChI is InChI=1S/C11H21NO2/c1-8(2)7-12-6-4-5-9(3)10(12)11(13)14/h8-10H,4-7H2,1-3H3,(H,13,14). The molecule has 1 rings (SSSR count). The van der Waals surface area contributed by atoms with Crippen LogP contribution in [-0.2, 0) is 4.79 Å². The van der Waals surface area contributed by atoms with Gasteiger partial charge < -0.3 is 5.11 Å². The second kappa shape index (κ2) is 4.78. The molecular weight excluding hydrogens is 178 g/mol. The molecule has 0 aromatic heterocycles. The molecule has 1 aliphatic heterocycles. The van der Waals surface area contributed by atoms with E-state index < -0.39 is 5.97 Å². The van der Waals surface area contributed by atoms with Gasteiger partial charge in [0.1, 0.15) is 6.04 Å². The molecule has 2 atom stereocenters. The van der Waals surface area contributed by atoms with Gasteiger partial charge in [0.25, 0.3) is 0 Å². The molecule has 0 bridgehead atoms. The average molecular weight is 199 g/mol. The van der Waals surface area contributed by atoms with Crippen LogP contribution in [0.3, 0.4) is 0 Å². The Morgan fingerprint density at radius 2 is 2.21 bits per heavy atom. The van der Waals surface area contributed by atoms with Crippen LogP contribution in [0.5, 0.6) is 0 Å². The lowest BCUT2D eigenvalue weighted by atomic mass is 9.90. The number of carbonyl (C=O) groups is 1. The van der Waals surface area contributed by atoms with Crippen LogP contribution in [-0.4, -0.2) is 35.1 Å². The van der Waals surface area contributed by atoms with Gasteiger partial charge in [-0.05, 0) is 31.2 Å². The zero-order valence-electron chi connectivity index (χ0n) is 9.36. The highest BCUT2D eigenvalue weighted by Crippen LogP contribution is 2.24. The van der Waals surface area contributed by atoms with E-state index in [0.29, 0.717) is 11.8 Å². The minimum absolute atomic E-state index is 0.258. The molecule has 82 valence electrons. The number of carboxylic acid groups (broad SMARTS) is 1. The molecule has 0 aliphatic carbocycles. The van der Waals surface area contributed by atoms with E-state index >= 15 is 0 Å². The van der Waals surface area contributed by atoms with Crippen LogP contribution in [0.25, 0.3) is 0 Å². The fourth-order valence-corrected chi connectivity index (χ4v) is 2.35. The molecule has 0 amide bonds. The highest BCUT2D eigenvalue weighted by atomic mass is 16.4. The molecule has 1 saturated heterocycles. The van der Waals surface area contributed by atoms with Crippen LogP contribution in [0.1, 0.15) is 33.6 Å². The fourth-order valence-electron chi connectivity index (χ4n) is 2.35. The summed E-state index contributed by atoms with van der Waals surface area (Å²) < 4.78 is 0. The Labute approximate surface area is 86.1 Å². The zero-order valence-corrected chi connectivity index (χ0v) is 9.36. The third kappa shape index (κ3) is 2.71. The summed E-state index contributed by atoms with van der Waals surface area (Å²) in [5, 5.41) is 9.15. The van der Waals surface area contributed by atoms with Crippen LogP contribution in [0.2, 0.25) is 0 Å². The van der Waals surface area contributed by atoms with Crippen molar-refractivity contribution in [2.24, 2.45) is 11.8 Å². The molecule has 3 heteroatoms. The van der Waals surface area contributed by atoms with Gasteiger partial charge in [-0.3, -0.25) is 9.69 Å². The summed E-state index contributed by atoms with van der Waals surface area (Å²) in [5.41, 5.74) is 0. The van der Waals surface area contributed by atoms with E-state index in [4.69, 9.17) is 5.11 Å². The van der Waals surface area contributed by atoms with Gasteiger partial charge in [0.2, 0.25) is 0 Å². The van der Waals surface area contributed by atoms with Crippen molar-refractivity contribution >= 4 is 5.97 Å². The number of aliphatic carboxylic acids is 1. The van der Waals surface area contributed by atoms with Crippen molar-refractivity contribution in [3.8, 4) is 0 Å². The van der Waals surface area contributed by atoms with Gasteiger partial charge in [0.15, 0.2) is 0 Å². The van der Waals surface area contributed by atoms with E-state index in [0.717, 1.165) is 25.9 Å². The number of nitrogens with zero attached hydrogens (tertiary/aromatic N) is 1. The Kier molecular flexibility index (Phi) is 3.93. The third-order valence-corrected chi connectivity index (χ3v) is 2.89. The maximum atomic E-state index is 11.1. The second-order valence-corrected chi connectivity index (χ2v) is 4.79. The molecular formula is C11H21NO2. The van der Waals surface area contributed by atoms with Crippen LogP contribution < -0.4 is 0 Å². The molecule has 1 aliphatic rings. The minimum Gasteiger partial charge on any atom is -0.480 e. The Bertz CT molecular complexity index is 203. The van der Waals surface area contributed by atoms with Gasteiger partial charge >= 0.3 is 5.97 Å². The maximum Gasteiger partial charge on any atom is 0.321 e. The maximum absolute atomic E-state index is 11.1. The lowest BCUT2D eigenvalue weighted by Gasteiger charge is -2.38. The van der Waals surface area contributed by atoms with E-state index in [-0.39, 0.29) is 6.04 Å². The molecule has 0 spiro atoms. The van der Waals surface area contributed by atoms with Crippen LogP contribution in [0.15, 0.2) is 0 Å². The third-order valence-electron chi connectivity index (χ3n) is 2.89. The number of hydrogen-bond acceptors (Lipinski definition) is 2. The first kappa shape index (κ1) is 11.5. The summed E-state index contributed by atoms with van der Waals surface area (Å²) in [6.45, 7) is 8.17. The van der Waals surface area contributed by atoms with Crippen molar-refractivity contribution < 1.29 is 9.90 Å². The van der Waals surface area contributed by atoms with Crippen LogP contribution in [0, 0.1) is 11.8 Å². The summed E-state index contributed by atoms with van der Waals surface area (Å²) in [5.74, 6) is 0.181. The molecule has 14 heavy (non-hydrogen) atoms. The highest BCUT2D eigenvalue weighted by molar-refractivity contribution is 5.74. The molecule has 0 radical (unpaired) electrons. The Hall–Kier alpha value is -0.570. The Morgan fingerprint density at radius 1 is 1.57 bits per heavy atom. The molecule has 1 heterocycles. The monoisotopic (exact) mass is 199 g/mol. The number of piperidine rings is 1. The van der Waals surface area contributed by atoms with Crippen molar-refractivity contribution in [2.45, 2.75) is 39.7 Å². The van der Waals surface area contributed by atoms with E-state index in [1.165, 1.54) is 0 Å². The summed E-state index contributed by atoms with van der Waals surface area (Å²) in [4.78, 5) is 13.2. The Balaban J connectivity index is 2.64. The number of hydrogen-bond donors (Lipinski definition) is 1. The van der Waals surface area contributed by atoms with E-state index in [1.807, 2.05) is 6.92 Å². The first-order valence-corrected chi connectivity index (χ1v) is 5.49. The fraction of sp³-hybridized carbons (Fsp3) is 0.909. The average Bonchev–Trinajstić information content (AvgIpc) is 2.01. The number of carboxylic acids is 1. The predicted molar refractivity (Wildman–Crippen MR) is 56.2 cm³/mol. The lowest BCUT2D eigenvalue weighted by Crippen LogP contribution is -2.50. The molecule has 2 unspecified atom stereocenters. The summed E-state index contributed by atoms with van der Waals surface area (Å²) in [6.07, 6.45) is 2.18. The molecule has 1 N–H and O–H groups in total. The smallest absolute Gasteiger partial charge is 0.321 e. The lowest BCUT2D eigenvalue weighted by molar-refractivity contribution is -0.147. The van der Waals surface area contributed by atoms with Crippen molar-refractivity contribution in [2.75, 3.05) is 13.1 Å². The first-order chi connectivity index (χ1) is 6.52. The van der Waals surface area contributed by atoms with Gasteiger partial charge in [-0.2, -0.15) is 0 Å². The Morgan fingerprint density at radius 3 is 2.71 bits per heavy atom. The van der Waals surface area contributed by atoms with Crippen molar-refractivity contribution in [3.05, 3.63) is 0 Å². The normalized spacial score (nSPS) is 29.4. The van der Waals surface area contributed by atoms with Gasteiger partial charge in [-0.25, -0.2) is 0 Å². The molecule has 0 aromatic rings. The summed E-state index contributed by atoms with van der Waals surface area (Å²) in [7, 11) is 0. The molecule has 0 saturated carbocycles. The highest BCUT2D eigenvalue weighted by Gasteiger charge is 2.33. The van der Waals surface area contributed by atoms with Gasteiger partial charge in [-0.15, -0.1) is 0 Å². The largest absolute Gasteiger partial charge is 0.480 e.